The normalized spacial score (nSPS) is 41.9. The van der Waals surface area contributed by atoms with Gasteiger partial charge in [-0.05, 0) is 43.4 Å². The molecule has 2 fully saturated rings. The Bertz CT molecular complexity index is 297. The highest BCUT2D eigenvalue weighted by atomic mass is 16.3. The van der Waals surface area contributed by atoms with Gasteiger partial charge in [-0.15, -0.1) is 0 Å². The molecule has 0 saturated heterocycles. The second-order valence-electron chi connectivity index (χ2n) is 5.85. The molecule has 0 spiro atoms. The zero-order chi connectivity index (χ0) is 11.1. The number of aliphatic hydroxyl groups is 1. The molecule has 1 heterocycles. The molecular weight excluding hydrogens is 198 g/mol. The lowest BCUT2D eigenvalue weighted by Gasteiger charge is -2.34. The van der Waals surface area contributed by atoms with E-state index in [1.54, 1.807) is 5.70 Å². The molecule has 0 aromatic heterocycles. The minimum atomic E-state index is 0.298. The van der Waals surface area contributed by atoms with Gasteiger partial charge in [-0.1, -0.05) is 13.0 Å². The van der Waals surface area contributed by atoms with Crippen LogP contribution in [0.15, 0.2) is 11.8 Å². The van der Waals surface area contributed by atoms with E-state index in [0.29, 0.717) is 6.61 Å². The smallest absolute Gasteiger partial charge is 0.0606 e. The summed E-state index contributed by atoms with van der Waals surface area (Å²) in [6.07, 6.45) is 8.02. The molecule has 3 aliphatic rings. The van der Waals surface area contributed by atoms with E-state index in [2.05, 4.69) is 17.9 Å². The van der Waals surface area contributed by atoms with Gasteiger partial charge < -0.3 is 10.0 Å². The summed E-state index contributed by atoms with van der Waals surface area (Å²) in [5.74, 6) is 3.63. The standard InChI is InChI=1S/C14H23NO/c1-10-11-4-5-12(9-11)14(10)13-3-2-6-15(13)7-8-16/h3,10-12,14,16H,2,4-9H2,1H3/t10-,11-,12-,14+/m0/s1. The summed E-state index contributed by atoms with van der Waals surface area (Å²) >= 11 is 0. The van der Waals surface area contributed by atoms with Crippen molar-refractivity contribution in [2.45, 2.75) is 32.6 Å². The van der Waals surface area contributed by atoms with E-state index in [-0.39, 0.29) is 0 Å². The fraction of sp³-hybridized carbons (Fsp3) is 0.857. The monoisotopic (exact) mass is 221 g/mol. The largest absolute Gasteiger partial charge is 0.395 e. The van der Waals surface area contributed by atoms with Crippen LogP contribution >= 0.6 is 0 Å². The maximum atomic E-state index is 9.12. The van der Waals surface area contributed by atoms with Gasteiger partial charge in [0, 0.05) is 24.7 Å². The van der Waals surface area contributed by atoms with Crippen LogP contribution in [-0.2, 0) is 0 Å². The number of nitrogens with zero attached hydrogens (tertiary/aromatic N) is 1. The third-order valence-electron chi connectivity index (χ3n) is 5.16. The van der Waals surface area contributed by atoms with Crippen molar-refractivity contribution < 1.29 is 5.11 Å². The fourth-order valence-electron chi connectivity index (χ4n) is 4.42. The maximum Gasteiger partial charge on any atom is 0.0606 e. The van der Waals surface area contributed by atoms with E-state index in [9.17, 15) is 0 Å². The Morgan fingerprint density at radius 3 is 2.88 bits per heavy atom. The molecule has 1 N–H and O–H groups in total. The van der Waals surface area contributed by atoms with E-state index in [1.807, 2.05) is 0 Å². The predicted octanol–water partition coefficient (Wildman–Crippen LogP) is 2.25. The molecule has 2 aliphatic carbocycles. The van der Waals surface area contributed by atoms with E-state index in [0.717, 1.165) is 36.8 Å². The lowest BCUT2D eigenvalue weighted by Crippen LogP contribution is -2.32. The molecule has 0 amide bonds. The number of aliphatic hydroxyl groups excluding tert-OH is 1. The van der Waals surface area contributed by atoms with Gasteiger partial charge in [-0.3, -0.25) is 0 Å². The zero-order valence-corrected chi connectivity index (χ0v) is 10.2. The summed E-state index contributed by atoms with van der Waals surface area (Å²) < 4.78 is 0. The Morgan fingerprint density at radius 2 is 2.19 bits per heavy atom. The Hall–Kier alpha value is -0.500. The van der Waals surface area contributed by atoms with Crippen LogP contribution in [0.1, 0.15) is 32.6 Å². The average molecular weight is 221 g/mol. The van der Waals surface area contributed by atoms with Crippen molar-refractivity contribution in [2.24, 2.45) is 23.7 Å². The number of hydrogen-bond donors (Lipinski definition) is 1. The molecule has 0 aromatic rings. The second kappa shape index (κ2) is 4.06. The molecule has 2 heteroatoms. The van der Waals surface area contributed by atoms with Gasteiger partial charge in [0.1, 0.15) is 0 Å². The molecule has 2 saturated carbocycles. The summed E-state index contributed by atoms with van der Waals surface area (Å²) in [5, 5.41) is 9.12. The first-order valence-electron chi connectivity index (χ1n) is 6.87. The van der Waals surface area contributed by atoms with Crippen molar-refractivity contribution in [1.82, 2.24) is 4.90 Å². The molecule has 0 unspecified atom stereocenters. The van der Waals surface area contributed by atoms with Crippen LogP contribution in [0.25, 0.3) is 0 Å². The first kappa shape index (κ1) is 10.6. The molecule has 90 valence electrons. The molecular formula is C14H23NO. The summed E-state index contributed by atoms with van der Waals surface area (Å²) in [6, 6.07) is 0. The van der Waals surface area contributed by atoms with Crippen LogP contribution in [0, 0.1) is 23.7 Å². The average Bonchev–Trinajstić information content (AvgIpc) is 2.94. The molecule has 16 heavy (non-hydrogen) atoms. The summed E-state index contributed by atoms with van der Waals surface area (Å²) in [5.41, 5.74) is 1.58. The lowest BCUT2D eigenvalue weighted by atomic mass is 9.78. The minimum absolute atomic E-state index is 0.298. The Kier molecular flexibility index (Phi) is 2.70. The second-order valence-corrected chi connectivity index (χ2v) is 5.85. The highest BCUT2D eigenvalue weighted by molar-refractivity contribution is 5.17. The van der Waals surface area contributed by atoms with E-state index in [1.165, 1.54) is 25.7 Å². The van der Waals surface area contributed by atoms with Crippen LogP contribution in [0.3, 0.4) is 0 Å². The van der Waals surface area contributed by atoms with Crippen molar-refractivity contribution in [3.05, 3.63) is 11.8 Å². The number of allylic oxidation sites excluding steroid dienone is 1. The number of hydrogen-bond acceptors (Lipinski definition) is 2. The zero-order valence-electron chi connectivity index (χ0n) is 10.2. The van der Waals surface area contributed by atoms with Crippen molar-refractivity contribution in [3.8, 4) is 0 Å². The summed E-state index contributed by atoms with van der Waals surface area (Å²) in [6.45, 7) is 4.72. The Labute approximate surface area is 98.3 Å². The highest BCUT2D eigenvalue weighted by Crippen LogP contribution is 2.55. The van der Waals surface area contributed by atoms with Gasteiger partial charge in [-0.25, -0.2) is 0 Å². The van der Waals surface area contributed by atoms with E-state index >= 15 is 0 Å². The first-order chi connectivity index (χ1) is 7.81. The quantitative estimate of drug-likeness (QED) is 0.790. The molecule has 2 nitrogen and oxygen atoms in total. The van der Waals surface area contributed by atoms with Crippen molar-refractivity contribution in [2.75, 3.05) is 19.7 Å². The molecule has 0 aromatic carbocycles. The maximum absolute atomic E-state index is 9.12. The van der Waals surface area contributed by atoms with Gasteiger partial charge in [-0.2, -0.15) is 0 Å². The number of fused-ring (bicyclic) bond motifs is 2. The summed E-state index contributed by atoms with van der Waals surface area (Å²) in [7, 11) is 0. The van der Waals surface area contributed by atoms with Crippen LogP contribution in [0.5, 0.6) is 0 Å². The third kappa shape index (κ3) is 1.50. The van der Waals surface area contributed by atoms with Crippen LogP contribution in [-0.4, -0.2) is 29.7 Å². The summed E-state index contributed by atoms with van der Waals surface area (Å²) in [4.78, 5) is 2.43. The topological polar surface area (TPSA) is 23.5 Å². The minimum Gasteiger partial charge on any atom is -0.395 e. The van der Waals surface area contributed by atoms with Crippen molar-refractivity contribution in [3.63, 3.8) is 0 Å². The van der Waals surface area contributed by atoms with Gasteiger partial charge in [0.05, 0.1) is 6.61 Å². The fourth-order valence-corrected chi connectivity index (χ4v) is 4.42. The number of β-amino-alcohol motifs (C(OH)–C–C–N with tert-alkyl or cyclic N) is 1. The van der Waals surface area contributed by atoms with Crippen LogP contribution in [0.4, 0.5) is 0 Å². The molecule has 0 radical (unpaired) electrons. The third-order valence-corrected chi connectivity index (χ3v) is 5.16. The van der Waals surface area contributed by atoms with E-state index in [4.69, 9.17) is 5.11 Å². The first-order valence-corrected chi connectivity index (χ1v) is 6.87. The van der Waals surface area contributed by atoms with Crippen LogP contribution in [0.2, 0.25) is 0 Å². The number of rotatable bonds is 3. The Balaban J connectivity index is 1.77. The van der Waals surface area contributed by atoms with Crippen molar-refractivity contribution >= 4 is 0 Å². The van der Waals surface area contributed by atoms with E-state index < -0.39 is 0 Å². The highest BCUT2D eigenvalue weighted by Gasteiger charge is 2.47. The molecule has 2 bridgehead atoms. The Morgan fingerprint density at radius 1 is 1.38 bits per heavy atom. The molecule has 4 atom stereocenters. The van der Waals surface area contributed by atoms with Crippen LogP contribution < -0.4 is 0 Å². The SMILES string of the molecule is C[C@H]1[C@H]2CC[C@@H](C2)[C@@H]1C1=CCCN1CCO. The molecule has 3 rings (SSSR count). The van der Waals surface area contributed by atoms with Gasteiger partial charge in [0.2, 0.25) is 0 Å². The van der Waals surface area contributed by atoms with Gasteiger partial charge in [0.25, 0.3) is 0 Å². The molecule has 1 aliphatic heterocycles. The van der Waals surface area contributed by atoms with Gasteiger partial charge >= 0.3 is 0 Å². The predicted molar refractivity (Wildman–Crippen MR) is 64.8 cm³/mol. The van der Waals surface area contributed by atoms with Gasteiger partial charge in [0.15, 0.2) is 0 Å². The van der Waals surface area contributed by atoms with Crippen molar-refractivity contribution in [1.29, 1.82) is 0 Å². The lowest BCUT2D eigenvalue weighted by molar-refractivity contribution is 0.188.